The van der Waals surface area contributed by atoms with E-state index in [4.69, 9.17) is 9.47 Å². The molecule has 1 aliphatic heterocycles. The molecule has 0 radical (unpaired) electrons. The van der Waals surface area contributed by atoms with Crippen molar-refractivity contribution in [1.29, 1.82) is 0 Å². The van der Waals surface area contributed by atoms with Gasteiger partial charge in [-0.1, -0.05) is 23.8 Å². The second-order valence-electron chi connectivity index (χ2n) is 7.41. The second-order valence-corrected chi connectivity index (χ2v) is 9.35. The molecule has 0 saturated carbocycles. The summed E-state index contributed by atoms with van der Waals surface area (Å²) in [5.74, 6) is 0.520. The van der Waals surface area contributed by atoms with Gasteiger partial charge in [-0.25, -0.2) is 8.42 Å². The summed E-state index contributed by atoms with van der Waals surface area (Å²) in [6.45, 7) is 7.46. The standard InChI is InChI=1S/C22H28N2O5S/c1-16-4-7-21(18(3)14-16)29-11-8-22(25)23-20-15-19(6-5-17(20)2)30(26,27)24-9-12-28-13-10-24/h4-7,14-15H,8-13H2,1-3H3,(H,23,25). The fourth-order valence-corrected chi connectivity index (χ4v) is 4.69. The lowest BCUT2D eigenvalue weighted by Gasteiger charge is -2.26. The third kappa shape index (κ3) is 5.38. The molecule has 1 heterocycles. The number of nitrogens with zero attached hydrogens (tertiary/aromatic N) is 1. The highest BCUT2D eigenvalue weighted by Crippen LogP contribution is 2.24. The lowest BCUT2D eigenvalue weighted by atomic mass is 10.1. The van der Waals surface area contributed by atoms with Crippen molar-refractivity contribution in [2.75, 3.05) is 38.2 Å². The molecular formula is C22H28N2O5S. The molecular weight excluding hydrogens is 404 g/mol. The lowest BCUT2D eigenvalue weighted by Crippen LogP contribution is -2.40. The van der Waals surface area contributed by atoms with Gasteiger partial charge in [0, 0.05) is 18.8 Å². The number of carbonyl (C=O) groups is 1. The van der Waals surface area contributed by atoms with Gasteiger partial charge in [-0.3, -0.25) is 4.79 Å². The van der Waals surface area contributed by atoms with E-state index in [1.54, 1.807) is 12.1 Å². The molecule has 0 unspecified atom stereocenters. The lowest BCUT2D eigenvalue weighted by molar-refractivity contribution is -0.116. The molecule has 1 N–H and O–H groups in total. The number of aryl methyl sites for hydroxylation is 3. The van der Waals surface area contributed by atoms with Crippen molar-refractivity contribution in [3.63, 3.8) is 0 Å². The van der Waals surface area contributed by atoms with Gasteiger partial charge in [0.25, 0.3) is 0 Å². The second kappa shape index (κ2) is 9.59. The van der Waals surface area contributed by atoms with E-state index in [2.05, 4.69) is 5.32 Å². The van der Waals surface area contributed by atoms with E-state index in [0.717, 1.165) is 22.4 Å². The maximum atomic E-state index is 12.9. The number of sulfonamides is 1. The van der Waals surface area contributed by atoms with Gasteiger partial charge in [-0.05, 0) is 50.1 Å². The number of hydrogen-bond donors (Lipinski definition) is 1. The fourth-order valence-electron chi connectivity index (χ4n) is 3.26. The van der Waals surface area contributed by atoms with Crippen LogP contribution in [0.25, 0.3) is 0 Å². The highest BCUT2D eigenvalue weighted by molar-refractivity contribution is 7.89. The van der Waals surface area contributed by atoms with Gasteiger partial charge in [0.2, 0.25) is 15.9 Å². The van der Waals surface area contributed by atoms with Crippen molar-refractivity contribution >= 4 is 21.6 Å². The molecule has 0 spiro atoms. The van der Waals surface area contributed by atoms with Crippen LogP contribution in [0.3, 0.4) is 0 Å². The number of rotatable bonds is 7. The number of anilines is 1. The first-order valence-electron chi connectivity index (χ1n) is 9.96. The summed E-state index contributed by atoms with van der Waals surface area (Å²) >= 11 is 0. The van der Waals surface area contributed by atoms with Crippen molar-refractivity contribution in [3.05, 3.63) is 53.1 Å². The fraction of sp³-hybridized carbons (Fsp3) is 0.409. The Morgan fingerprint density at radius 2 is 1.80 bits per heavy atom. The number of carbonyl (C=O) groups excluding carboxylic acids is 1. The maximum Gasteiger partial charge on any atom is 0.243 e. The summed E-state index contributed by atoms with van der Waals surface area (Å²) in [6.07, 6.45) is 0.160. The van der Waals surface area contributed by atoms with E-state index in [-0.39, 0.29) is 23.8 Å². The van der Waals surface area contributed by atoms with Crippen LogP contribution in [0.5, 0.6) is 5.75 Å². The molecule has 0 aliphatic carbocycles. The van der Waals surface area contributed by atoms with Gasteiger partial charge in [-0.2, -0.15) is 4.31 Å². The predicted octanol–water partition coefficient (Wildman–Crippen LogP) is 3.04. The van der Waals surface area contributed by atoms with Gasteiger partial charge >= 0.3 is 0 Å². The molecule has 1 fully saturated rings. The Morgan fingerprint density at radius 1 is 1.07 bits per heavy atom. The third-order valence-corrected chi connectivity index (χ3v) is 6.90. The Hall–Kier alpha value is -2.42. The minimum Gasteiger partial charge on any atom is -0.493 e. The molecule has 3 rings (SSSR count). The maximum absolute atomic E-state index is 12.9. The Kier molecular flexibility index (Phi) is 7.12. The number of morpholine rings is 1. The number of amides is 1. The first-order valence-corrected chi connectivity index (χ1v) is 11.4. The predicted molar refractivity (Wildman–Crippen MR) is 115 cm³/mol. The van der Waals surface area contributed by atoms with Crippen LogP contribution in [0.15, 0.2) is 41.3 Å². The average molecular weight is 433 g/mol. The monoisotopic (exact) mass is 432 g/mol. The zero-order valence-corrected chi connectivity index (χ0v) is 18.4. The first-order chi connectivity index (χ1) is 14.3. The van der Waals surface area contributed by atoms with Gasteiger partial charge < -0.3 is 14.8 Å². The molecule has 1 amide bonds. The van der Waals surface area contributed by atoms with Crippen LogP contribution in [0.1, 0.15) is 23.1 Å². The van der Waals surface area contributed by atoms with E-state index in [1.807, 2.05) is 39.0 Å². The van der Waals surface area contributed by atoms with Crippen LogP contribution >= 0.6 is 0 Å². The van der Waals surface area contributed by atoms with Crippen LogP contribution in [0.4, 0.5) is 5.69 Å². The van der Waals surface area contributed by atoms with Crippen molar-refractivity contribution in [3.8, 4) is 5.75 Å². The highest BCUT2D eigenvalue weighted by Gasteiger charge is 2.26. The summed E-state index contributed by atoms with van der Waals surface area (Å²) < 4.78 is 38.1. The Bertz CT molecular complexity index is 1010. The molecule has 0 aromatic heterocycles. The quantitative estimate of drug-likeness (QED) is 0.727. The van der Waals surface area contributed by atoms with E-state index in [9.17, 15) is 13.2 Å². The van der Waals surface area contributed by atoms with E-state index < -0.39 is 10.0 Å². The molecule has 30 heavy (non-hydrogen) atoms. The number of nitrogens with one attached hydrogen (secondary N) is 1. The summed E-state index contributed by atoms with van der Waals surface area (Å²) in [6, 6.07) is 10.7. The number of hydrogen-bond acceptors (Lipinski definition) is 5. The minimum atomic E-state index is -3.62. The molecule has 1 saturated heterocycles. The van der Waals surface area contributed by atoms with Gasteiger partial charge in [-0.15, -0.1) is 0 Å². The van der Waals surface area contributed by atoms with Gasteiger partial charge in [0.05, 0.1) is 31.1 Å². The van der Waals surface area contributed by atoms with Crippen molar-refractivity contribution in [2.24, 2.45) is 0 Å². The molecule has 7 nitrogen and oxygen atoms in total. The van der Waals surface area contributed by atoms with Gasteiger partial charge in [0.1, 0.15) is 5.75 Å². The SMILES string of the molecule is Cc1ccc(OCCC(=O)Nc2cc(S(=O)(=O)N3CCOCC3)ccc2C)c(C)c1. The molecule has 1 aliphatic rings. The summed E-state index contributed by atoms with van der Waals surface area (Å²) in [5, 5.41) is 2.81. The summed E-state index contributed by atoms with van der Waals surface area (Å²) in [7, 11) is -3.62. The summed E-state index contributed by atoms with van der Waals surface area (Å²) in [4.78, 5) is 12.6. The van der Waals surface area contributed by atoms with Crippen molar-refractivity contribution in [2.45, 2.75) is 32.1 Å². The van der Waals surface area contributed by atoms with Crippen molar-refractivity contribution in [1.82, 2.24) is 4.31 Å². The van der Waals surface area contributed by atoms with Crippen molar-refractivity contribution < 1.29 is 22.7 Å². The molecule has 8 heteroatoms. The number of benzene rings is 2. The van der Waals surface area contributed by atoms with E-state index in [1.165, 1.54) is 10.4 Å². The Morgan fingerprint density at radius 3 is 2.50 bits per heavy atom. The first kappa shape index (κ1) is 22.3. The Labute approximate surface area is 178 Å². The average Bonchev–Trinajstić information content (AvgIpc) is 2.72. The minimum absolute atomic E-state index is 0.160. The van der Waals surface area contributed by atoms with E-state index >= 15 is 0 Å². The largest absolute Gasteiger partial charge is 0.493 e. The highest BCUT2D eigenvalue weighted by atomic mass is 32.2. The topological polar surface area (TPSA) is 84.9 Å². The van der Waals surface area contributed by atoms with Crippen LogP contribution < -0.4 is 10.1 Å². The third-order valence-electron chi connectivity index (χ3n) is 5.01. The van der Waals surface area contributed by atoms with Crippen LogP contribution in [-0.4, -0.2) is 51.5 Å². The smallest absolute Gasteiger partial charge is 0.243 e. The van der Waals surface area contributed by atoms with Crippen LogP contribution in [-0.2, 0) is 19.6 Å². The van der Waals surface area contributed by atoms with E-state index in [0.29, 0.717) is 32.0 Å². The zero-order valence-electron chi connectivity index (χ0n) is 17.6. The Balaban J connectivity index is 1.63. The molecule has 2 aromatic carbocycles. The van der Waals surface area contributed by atoms with Crippen LogP contribution in [0, 0.1) is 20.8 Å². The normalized spacial score (nSPS) is 15.0. The van der Waals surface area contributed by atoms with Crippen LogP contribution in [0.2, 0.25) is 0 Å². The molecule has 2 aromatic rings. The molecule has 0 bridgehead atoms. The van der Waals surface area contributed by atoms with Gasteiger partial charge in [0.15, 0.2) is 0 Å². The summed E-state index contributed by atoms with van der Waals surface area (Å²) in [5.41, 5.74) is 3.45. The zero-order chi connectivity index (χ0) is 21.7. The number of ether oxygens (including phenoxy) is 2. The molecule has 0 atom stereocenters. The molecule has 162 valence electrons.